The molecule has 1 aromatic heterocycles. The van der Waals surface area contributed by atoms with Crippen molar-refractivity contribution in [1.82, 2.24) is 9.97 Å². The monoisotopic (exact) mass is 150 g/mol. The first kappa shape index (κ1) is 5.82. The molecule has 0 unspecified atom stereocenters. The molecule has 0 radical (unpaired) electrons. The van der Waals surface area contributed by atoms with Gasteiger partial charge in [-0.25, -0.2) is 4.79 Å². The number of anilines is 2. The van der Waals surface area contributed by atoms with Gasteiger partial charge >= 0.3 is 17.1 Å². The van der Waals surface area contributed by atoms with Crippen LogP contribution in [0.5, 0.6) is 0 Å². The molecule has 0 spiro atoms. The summed E-state index contributed by atoms with van der Waals surface area (Å²) in [4.78, 5) is 20.7. The van der Waals surface area contributed by atoms with Gasteiger partial charge in [0.2, 0.25) is 5.95 Å². The summed E-state index contributed by atoms with van der Waals surface area (Å²) >= 11 is 0. The zero-order valence-electron chi connectivity index (χ0n) is 5.38. The highest BCUT2D eigenvalue weighted by atomic mass is 16.1. The van der Waals surface area contributed by atoms with Crippen LogP contribution in [-0.2, 0) is 0 Å². The van der Waals surface area contributed by atoms with E-state index >= 15 is 0 Å². The van der Waals surface area contributed by atoms with E-state index in [-0.39, 0.29) is 17.2 Å². The van der Waals surface area contributed by atoms with Gasteiger partial charge in [-0.05, 0) is 4.99 Å². The summed E-state index contributed by atoms with van der Waals surface area (Å²) in [6, 6.07) is 0. The van der Waals surface area contributed by atoms with E-state index < -0.39 is 0 Å². The van der Waals surface area contributed by atoms with Crippen LogP contribution in [0.4, 0.5) is 17.5 Å². The molecular formula is C5H4N5O+. The van der Waals surface area contributed by atoms with Crippen molar-refractivity contribution in [1.29, 1.82) is 0 Å². The van der Waals surface area contributed by atoms with Crippen LogP contribution in [0.3, 0.4) is 0 Å². The molecule has 2 heterocycles. The predicted octanol–water partition coefficient (Wildman–Crippen LogP) is -0.686. The Morgan fingerprint density at radius 2 is 2.36 bits per heavy atom. The molecule has 4 N–H and O–H groups in total. The van der Waals surface area contributed by atoms with Gasteiger partial charge in [-0.15, -0.1) is 4.98 Å². The molecule has 0 amide bonds. The lowest BCUT2D eigenvalue weighted by Crippen LogP contribution is -2.10. The van der Waals surface area contributed by atoms with Gasteiger partial charge < -0.3 is 5.73 Å². The van der Waals surface area contributed by atoms with E-state index in [1.165, 1.54) is 0 Å². The maximum absolute atomic E-state index is 11.0. The van der Waals surface area contributed by atoms with Gasteiger partial charge in [-0.3, -0.25) is 4.98 Å². The molecule has 6 nitrogen and oxygen atoms in total. The van der Waals surface area contributed by atoms with Gasteiger partial charge in [0.05, 0.1) is 0 Å². The maximum Gasteiger partial charge on any atom is 0.351 e. The van der Waals surface area contributed by atoms with Crippen LogP contribution in [0.15, 0.2) is 9.79 Å². The second kappa shape index (κ2) is 1.77. The first-order valence-corrected chi connectivity index (χ1v) is 2.89. The summed E-state index contributed by atoms with van der Waals surface area (Å²) in [6.07, 6.45) is 2.39. The van der Waals surface area contributed by atoms with Crippen LogP contribution in [0.25, 0.3) is 0 Å². The van der Waals surface area contributed by atoms with E-state index in [9.17, 15) is 4.79 Å². The molecule has 0 aromatic carbocycles. The molecule has 11 heavy (non-hydrogen) atoms. The normalized spacial score (nSPS) is 12.0. The molecular weight excluding hydrogens is 146 g/mol. The van der Waals surface area contributed by atoms with E-state index in [0.29, 0.717) is 5.82 Å². The van der Waals surface area contributed by atoms with E-state index in [1.807, 2.05) is 0 Å². The third-order valence-corrected chi connectivity index (χ3v) is 1.26. The van der Waals surface area contributed by atoms with Crippen molar-refractivity contribution < 1.29 is 0 Å². The SMILES string of the molecule is Nc1nc2c(c(=O)[nH]1)N=[C+]N2. The number of H-pyrrole nitrogens is 1. The fourth-order valence-electron chi connectivity index (χ4n) is 0.812. The van der Waals surface area contributed by atoms with Crippen molar-refractivity contribution >= 4 is 23.8 Å². The Balaban J connectivity index is 2.77. The molecule has 1 aromatic rings. The van der Waals surface area contributed by atoms with Crippen molar-refractivity contribution in [2.75, 3.05) is 11.1 Å². The van der Waals surface area contributed by atoms with Crippen LogP contribution in [-0.4, -0.2) is 16.3 Å². The van der Waals surface area contributed by atoms with Gasteiger partial charge in [0.15, 0.2) is 0 Å². The number of rotatable bonds is 0. The number of hydrogen-bond acceptors (Lipinski definition) is 5. The summed E-state index contributed by atoms with van der Waals surface area (Å²) in [7, 11) is 0. The fourth-order valence-corrected chi connectivity index (χ4v) is 0.812. The number of aromatic amines is 1. The molecule has 1 aliphatic heterocycles. The van der Waals surface area contributed by atoms with Crippen LogP contribution >= 0.6 is 0 Å². The number of aliphatic imine (C=N–C) groups is 1. The standard InChI is InChI=1S/C5H3N5O/c6-5-9-3-2(4(11)10-5)7-1-8-3/h(H3-,6,7,8,9,10,11)/p+1. The summed E-state index contributed by atoms with van der Waals surface area (Å²) in [5.74, 6) is 0.423. The molecule has 0 aliphatic carbocycles. The van der Waals surface area contributed by atoms with E-state index in [2.05, 4.69) is 26.6 Å². The second-order valence-electron chi connectivity index (χ2n) is 2.00. The number of nitrogens with zero attached hydrogens (tertiary/aromatic N) is 2. The topological polar surface area (TPSA) is 96.2 Å². The molecule has 2 rings (SSSR count). The quantitative estimate of drug-likeness (QED) is 0.426. The fraction of sp³-hybridized carbons (Fsp3) is 0. The highest BCUT2D eigenvalue weighted by Gasteiger charge is 2.25. The predicted molar refractivity (Wildman–Crippen MR) is 40.0 cm³/mol. The Morgan fingerprint density at radius 3 is 3.18 bits per heavy atom. The van der Waals surface area contributed by atoms with E-state index in [1.54, 1.807) is 0 Å². The van der Waals surface area contributed by atoms with Gasteiger partial charge in [0.1, 0.15) is 0 Å². The summed E-state index contributed by atoms with van der Waals surface area (Å²) in [5, 5.41) is 2.55. The molecule has 0 saturated heterocycles. The first-order valence-electron chi connectivity index (χ1n) is 2.89. The average Bonchev–Trinajstić information content (AvgIpc) is 2.34. The smallest absolute Gasteiger partial charge is 0.351 e. The number of nitrogens with one attached hydrogen (secondary N) is 2. The maximum atomic E-state index is 11.0. The second-order valence-corrected chi connectivity index (χ2v) is 2.00. The van der Waals surface area contributed by atoms with Gasteiger partial charge in [0.25, 0.3) is 6.34 Å². The van der Waals surface area contributed by atoms with Crippen LogP contribution < -0.4 is 16.6 Å². The highest BCUT2D eigenvalue weighted by Crippen LogP contribution is 2.20. The third kappa shape index (κ3) is 0.736. The number of hydrogen-bond donors (Lipinski definition) is 3. The Kier molecular flexibility index (Phi) is 0.936. The molecule has 0 atom stereocenters. The number of fused-ring (bicyclic) bond motifs is 1. The number of nitrogen functional groups attached to an aromatic ring is 1. The highest BCUT2D eigenvalue weighted by molar-refractivity contribution is 5.88. The summed E-state index contributed by atoms with van der Waals surface area (Å²) in [5.41, 5.74) is 5.12. The number of nitrogens with two attached hydrogens (primary N) is 1. The molecule has 54 valence electrons. The first-order chi connectivity index (χ1) is 5.27. The van der Waals surface area contributed by atoms with Gasteiger partial charge in [-0.2, -0.15) is 5.32 Å². The molecule has 6 heteroatoms. The van der Waals surface area contributed by atoms with Crippen molar-refractivity contribution in [2.24, 2.45) is 4.99 Å². The van der Waals surface area contributed by atoms with Gasteiger partial charge in [-0.1, -0.05) is 0 Å². The molecule has 1 aliphatic rings. The zero-order chi connectivity index (χ0) is 7.84. The molecule has 0 saturated carbocycles. The minimum atomic E-state index is -0.356. The van der Waals surface area contributed by atoms with Crippen molar-refractivity contribution in [3.8, 4) is 0 Å². The lowest BCUT2D eigenvalue weighted by Gasteiger charge is -1.87. The zero-order valence-corrected chi connectivity index (χ0v) is 5.38. The number of aromatic nitrogens is 2. The minimum Gasteiger partial charge on any atom is -0.368 e. The Bertz CT molecular complexity index is 379. The van der Waals surface area contributed by atoms with E-state index in [4.69, 9.17) is 5.73 Å². The third-order valence-electron chi connectivity index (χ3n) is 1.26. The van der Waals surface area contributed by atoms with Crippen LogP contribution in [0.1, 0.15) is 0 Å². The molecule has 0 bridgehead atoms. The van der Waals surface area contributed by atoms with Crippen LogP contribution in [0, 0.1) is 0 Å². The summed E-state index contributed by atoms with van der Waals surface area (Å²) in [6.45, 7) is 0. The van der Waals surface area contributed by atoms with Crippen molar-refractivity contribution in [3.63, 3.8) is 0 Å². The van der Waals surface area contributed by atoms with E-state index in [0.717, 1.165) is 0 Å². The van der Waals surface area contributed by atoms with Crippen LogP contribution in [0.2, 0.25) is 0 Å². The Morgan fingerprint density at radius 1 is 1.55 bits per heavy atom. The summed E-state index contributed by atoms with van der Waals surface area (Å²) < 4.78 is 0. The lowest BCUT2D eigenvalue weighted by atomic mass is 10.5. The lowest BCUT2D eigenvalue weighted by molar-refractivity contribution is 1.14. The largest absolute Gasteiger partial charge is 0.368 e. The Hall–Kier alpha value is -1.94. The molecule has 0 fully saturated rings. The van der Waals surface area contributed by atoms with Gasteiger partial charge in [0, 0.05) is 0 Å². The average molecular weight is 150 g/mol. The minimum absolute atomic E-state index is 0.0696. The Labute approximate surface area is 61.2 Å². The van der Waals surface area contributed by atoms with Crippen molar-refractivity contribution in [3.05, 3.63) is 10.4 Å². The van der Waals surface area contributed by atoms with Crippen molar-refractivity contribution in [2.45, 2.75) is 0 Å².